The van der Waals surface area contributed by atoms with E-state index in [1.54, 1.807) is 12.1 Å². The number of halogens is 2. The maximum Gasteiger partial charge on any atom is 0.269 e. The maximum atomic E-state index is 11.9. The fourth-order valence-corrected chi connectivity index (χ4v) is 1.99. The Labute approximate surface area is 134 Å². The van der Waals surface area contributed by atoms with E-state index in [1.165, 1.54) is 0 Å². The monoisotopic (exact) mass is 328 g/mol. The minimum Gasteiger partial charge on any atom is -0.351 e. The van der Waals surface area contributed by atoms with Gasteiger partial charge in [0.1, 0.15) is 5.69 Å². The molecule has 4 N–H and O–H groups in total. The molecule has 0 radical (unpaired) electrons. The van der Waals surface area contributed by atoms with Crippen LogP contribution in [0.5, 0.6) is 0 Å². The molecule has 0 spiro atoms. The molecule has 114 valence electrons. The normalized spacial score (nSPS) is 11.6. The Bertz CT molecular complexity index is 598. The molecule has 1 aromatic carbocycles. The largest absolute Gasteiger partial charge is 0.351 e. The molecule has 0 fully saturated rings. The van der Waals surface area contributed by atoms with Crippen molar-refractivity contribution >= 4 is 29.9 Å². The van der Waals surface area contributed by atoms with Gasteiger partial charge in [-0.1, -0.05) is 29.8 Å². The molecule has 0 aliphatic carbocycles. The smallest absolute Gasteiger partial charge is 0.269 e. The Morgan fingerprint density at radius 3 is 2.86 bits per heavy atom. The molecule has 1 heterocycles. The van der Waals surface area contributed by atoms with Gasteiger partial charge in [-0.05, 0) is 25.5 Å². The number of aromatic amines is 1. The summed E-state index contributed by atoms with van der Waals surface area (Å²) in [6.45, 7) is 2.44. The minimum atomic E-state index is -0.198. The van der Waals surface area contributed by atoms with Crippen LogP contribution < -0.4 is 11.1 Å². The van der Waals surface area contributed by atoms with Gasteiger partial charge in [0, 0.05) is 18.2 Å². The lowest BCUT2D eigenvalue weighted by atomic mass is 10.1. The molecule has 5 nitrogen and oxygen atoms in total. The molecule has 7 heteroatoms. The predicted molar refractivity (Wildman–Crippen MR) is 86.9 cm³/mol. The van der Waals surface area contributed by atoms with E-state index in [-0.39, 0.29) is 24.4 Å². The number of carbonyl (C=O) groups is 1. The molecule has 1 aromatic heterocycles. The fraction of sp³-hybridized carbons (Fsp3) is 0.286. The molecular formula is C14H18Cl2N4O. The van der Waals surface area contributed by atoms with Crippen molar-refractivity contribution in [3.8, 4) is 11.3 Å². The van der Waals surface area contributed by atoms with Crippen LogP contribution in [0, 0.1) is 0 Å². The zero-order valence-corrected chi connectivity index (χ0v) is 13.2. The number of hydrogen-bond donors (Lipinski definition) is 3. The molecule has 21 heavy (non-hydrogen) atoms. The maximum absolute atomic E-state index is 11.9. The van der Waals surface area contributed by atoms with E-state index >= 15 is 0 Å². The van der Waals surface area contributed by atoms with E-state index in [4.69, 9.17) is 17.3 Å². The van der Waals surface area contributed by atoms with Crippen molar-refractivity contribution in [1.29, 1.82) is 0 Å². The van der Waals surface area contributed by atoms with E-state index in [0.29, 0.717) is 23.0 Å². The number of hydrogen-bond acceptors (Lipinski definition) is 3. The topological polar surface area (TPSA) is 83.8 Å². The van der Waals surface area contributed by atoms with E-state index in [9.17, 15) is 4.79 Å². The fourth-order valence-electron chi connectivity index (χ4n) is 1.75. The lowest BCUT2D eigenvalue weighted by molar-refractivity contribution is 0.0948. The van der Waals surface area contributed by atoms with Gasteiger partial charge in [0.25, 0.3) is 5.91 Å². The van der Waals surface area contributed by atoms with Crippen molar-refractivity contribution < 1.29 is 4.79 Å². The van der Waals surface area contributed by atoms with Gasteiger partial charge < -0.3 is 11.1 Å². The highest BCUT2D eigenvalue weighted by molar-refractivity contribution is 6.33. The number of rotatable bonds is 5. The van der Waals surface area contributed by atoms with Crippen LogP contribution in [0.25, 0.3) is 11.3 Å². The highest BCUT2D eigenvalue weighted by Crippen LogP contribution is 2.26. The first-order chi connectivity index (χ1) is 9.58. The van der Waals surface area contributed by atoms with E-state index in [1.807, 2.05) is 25.1 Å². The minimum absolute atomic E-state index is 0. The zero-order valence-electron chi connectivity index (χ0n) is 11.6. The summed E-state index contributed by atoms with van der Waals surface area (Å²) in [4.78, 5) is 11.9. The summed E-state index contributed by atoms with van der Waals surface area (Å²) in [5, 5.41) is 10.2. The van der Waals surface area contributed by atoms with Gasteiger partial charge in [-0.2, -0.15) is 5.10 Å². The van der Waals surface area contributed by atoms with Gasteiger partial charge in [0.15, 0.2) is 0 Å². The quantitative estimate of drug-likeness (QED) is 0.788. The van der Waals surface area contributed by atoms with Crippen LogP contribution in [-0.2, 0) is 0 Å². The molecule has 1 atom stereocenters. The number of H-pyrrole nitrogens is 1. The SMILES string of the molecule is CC(N)CCNC(=O)c1cc(-c2ccccc2Cl)n[nH]1.Cl. The van der Waals surface area contributed by atoms with Gasteiger partial charge >= 0.3 is 0 Å². The van der Waals surface area contributed by atoms with Crippen molar-refractivity contribution in [2.24, 2.45) is 5.73 Å². The number of nitrogens with one attached hydrogen (secondary N) is 2. The molecule has 0 aliphatic rings. The van der Waals surface area contributed by atoms with E-state index < -0.39 is 0 Å². The molecule has 1 amide bonds. The highest BCUT2D eigenvalue weighted by Gasteiger charge is 2.12. The third kappa shape index (κ3) is 4.74. The molecule has 1 unspecified atom stereocenters. The number of nitrogens with zero attached hydrogens (tertiary/aromatic N) is 1. The third-order valence-electron chi connectivity index (χ3n) is 2.86. The van der Waals surface area contributed by atoms with Gasteiger partial charge in [-0.15, -0.1) is 12.4 Å². The number of carbonyl (C=O) groups excluding carboxylic acids is 1. The molecular weight excluding hydrogens is 311 g/mol. The summed E-state index contributed by atoms with van der Waals surface area (Å²) in [5.74, 6) is -0.198. The standard InChI is InChI=1S/C14H17ClN4O.ClH/c1-9(16)6-7-17-14(20)13-8-12(18-19-13)10-4-2-3-5-11(10)15;/h2-5,8-9H,6-7,16H2,1H3,(H,17,20)(H,18,19);1H. The van der Waals surface area contributed by atoms with Crippen molar-refractivity contribution in [1.82, 2.24) is 15.5 Å². The van der Waals surface area contributed by atoms with Crippen LogP contribution >= 0.6 is 24.0 Å². The Morgan fingerprint density at radius 1 is 1.48 bits per heavy atom. The molecule has 0 aliphatic heterocycles. The second-order valence-electron chi connectivity index (χ2n) is 4.67. The molecule has 0 bridgehead atoms. The van der Waals surface area contributed by atoms with Crippen LogP contribution in [0.3, 0.4) is 0 Å². The van der Waals surface area contributed by atoms with Crippen molar-refractivity contribution in [3.63, 3.8) is 0 Å². The van der Waals surface area contributed by atoms with Gasteiger partial charge in [0.05, 0.1) is 10.7 Å². The van der Waals surface area contributed by atoms with Crippen LogP contribution in [0.15, 0.2) is 30.3 Å². The second-order valence-corrected chi connectivity index (χ2v) is 5.08. The first kappa shape index (κ1) is 17.5. The number of amides is 1. The third-order valence-corrected chi connectivity index (χ3v) is 3.19. The Morgan fingerprint density at radius 2 is 2.19 bits per heavy atom. The van der Waals surface area contributed by atoms with Crippen LogP contribution in [0.2, 0.25) is 5.02 Å². The Kier molecular flexibility index (Phi) is 6.68. The van der Waals surface area contributed by atoms with Crippen molar-refractivity contribution in [3.05, 3.63) is 41.0 Å². The highest BCUT2D eigenvalue weighted by atomic mass is 35.5. The van der Waals surface area contributed by atoms with Crippen LogP contribution in [-0.4, -0.2) is 28.7 Å². The number of aromatic nitrogens is 2. The second kappa shape index (κ2) is 8.02. The first-order valence-electron chi connectivity index (χ1n) is 6.42. The van der Waals surface area contributed by atoms with E-state index in [2.05, 4.69) is 15.5 Å². The number of benzene rings is 1. The summed E-state index contributed by atoms with van der Waals surface area (Å²) >= 11 is 6.10. The first-order valence-corrected chi connectivity index (χ1v) is 6.80. The Hall–Kier alpha value is -1.56. The van der Waals surface area contributed by atoms with Crippen molar-refractivity contribution in [2.45, 2.75) is 19.4 Å². The molecule has 2 aromatic rings. The van der Waals surface area contributed by atoms with Crippen LogP contribution in [0.1, 0.15) is 23.8 Å². The summed E-state index contributed by atoms with van der Waals surface area (Å²) in [7, 11) is 0. The summed E-state index contributed by atoms with van der Waals surface area (Å²) < 4.78 is 0. The van der Waals surface area contributed by atoms with Gasteiger partial charge in [-0.25, -0.2) is 0 Å². The average molecular weight is 329 g/mol. The zero-order chi connectivity index (χ0) is 14.5. The van der Waals surface area contributed by atoms with E-state index in [0.717, 1.165) is 12.0 Å². The molecule has 2 rings (SSSR count). The Balaban J connectivity index is 0.00000220. The summed E-state index contributed by atoms with van der Waals surface area (Å²) in [6.07, 6.45) is 0.733. The van der Waals surface area contributed by atoms with Gasteiger partial charge in [0.2, 0.25) is 0 Å². The van der Waals surface area contributed by atoms with Crippen molar-refractivity contribution in [2.75, 3.05) is 6.54 Å². The predicted octanol–water partition coefficient (Wildman–Crippen LogP) is 2.62. The molecule has 0 saturated carbocycles. The lowest BCUT2D eigenvalue weighted by Crippen LogP contribution is -2.29. The lowest BCUT2D eigenvalue weighted by Gasteiger charge is -2.05. The average Bonchev–Trinajstić information content (AvgIpc) is 2.88. The molecule has 0 saturated heterocycles. The van der Waals surface area contributed by atoms with Gasteiger partial charge in [-0.3, -0.25) is 9.89 Å². The van der Waals surface area contributed by atoms with Crippen LogP contribution in [0.4, 0.5) is 0 Å². The summed E-state index contributed by atoms with van der Waals surface area (Å²) in [5.41, 5.74) is 7.47. The summed E-state index contributed by atoms with van der Waals surface area (Å²) in [6, 6.07) is 9.11. The number of nitrogens with two attached hydrogens (primary N) is 1.